The number of nitrogens with two attached hydrogens (primary N) is 1. The molecule has 0 fully saturated rings. The van der Waals surface area contributed by atoms with Crippen LogP contribution >= 0.6 is 0 Å². The van der Waals surface area contributed by atoms with Crippen LogP contribution in [0, 0.1) is 0 Å². The highest BCUT2D eigenvalue weighted by Gasteiger charge is 2.32. The number of rotatable bonds is 9. The fourth-order valence-electron chi connectivity index (χ4n) is 1.39. The van der Waals surface area contributed by atoms with E-state index in [1.807, 2.05) is 0 Å². The lowest BCUT2D eigenvalue weighted by molar-refractivity contribution is -0.144. The summed E-state index contributed by atoms with van der Waals surface area (Å²) in [5.74, 6) is -1.05. The lowest BCUT2D eigenvalue weighted by Crippen LogP contribution is -2.48. The lowest BCUT2D eigenvalue weighted by atomic mass is 9.81. The molecule has 0 rings (SSSR count). The zero-order chi connectivity index (χ0) is 12.6. The van der Waals surface area contributed by atoms with Gasteiger partial charge < -0.3 is 25.6 Å². The molecule has 0 saturated heterocycles. The number of hydrogen-bond donors (Lipinski definition) is 4. The van der Waals surface area contributed by atoms with E-state index in [4.69, 9.17) is 25.6 Å². The summed E-state index contributed by atoms with van der Waals surface area (Å²) in [4.78, 5) is 11.0. The number of methoxy groups -OCH3 is 1. The third-order valence-corrected chi connectivity index (χ3v) is 2.51. The van der Waals surface area contributed by atoms with Gasteiger partial charge in [0.25, 0.3) is 0 Å². The van der Waals surface area contributed by atoms with Crippen LogP contribution in [0.25, 0.3) is 0 Å². The Balaban J connectivity index is 3.98. The molecule has 0 bridgehead atoms. The Bertz CT molecular complexity index is 214. The van der Waals surface area contributed by atoms with Crippen LogP contribution in [0.4, 0.5) is 0 Å². The molecule has 7 heteroatoms. The number of hydrogen-bond acceptors (Lipinski definition) is 5. The summed E-state index contributed by atoms with van der Waals surface area (Å²) in [5.41, 5.74) is 4.46. The Morgan fingerprint density at radius 1 is 1.38 bits per heavy atom. The van der Waals surface area contributed by atoms with Gasteiger partial charge in [-0.2, -0.15) is 0 Å². The normalized spacial score (nSPS) is 14.5. The molecule has 1 unspecified atom stereocenters. The van der Waals surface area contributed by atoms with Crippen molar-refractivity contribution in [3.05, 3.63) is 0 Å². The van der Waals surface area contributed by atoms with E-state index >= 15 is 0 Å². The summed E-state index contributed by atoms with van der Waals surface area (Å²) in [7, 11) is 0.153. The minimum Gasteiger partial charge on any atom is -0.480 e. The predicted molar refractivity (Wildman–Crippen MR) is 59.9 cm³/mol. The fourth-order valence-corrected chi connectivity index (χ4v) is 1.39. The van der Waals surface area contributed by atoms with Crippen molar-refractivity contribution < 1.29 is 24.7 Å². The Hall–Kier alpha value is -0.625. The Morgan fingerprint density at radius 3 is 2.44 bits per heavy atom. The molecule has 0 saturated carbocycles. The van der Waals surface area contributed by atoms with E-state index in [9.17, 15) is 4.79 Å². The number of ether oxygens (including phenoxy) is 1. The van der Waals surface area contributed by atoms with Gasteiger partial charge in [0, 0.05) is 13.7 Å². The van der Waals surface area contributed by atoms with Crippen molar-refractivity contribution >= 4 is 13.1 Å². The first-order valence-electron chi connectivity index (χ1n) is 5.30. The van der Waals surface area contributed by atoms with Gasteiger partial charge in [-0.1, -0.05) is 12.8 Å². The van der Waals surface area contributed by atoms with E-state index in [1.165, 1.54) is 7.11 Å². The Kier molecular flexibility index (Phi) is 7.32. The van der Waals surface area contributed by atoms with Crippen LogP contribution in [-0.4, -0.2) is 47.5 Å². The summed E-state index contributed by atoms with van der Waals surface area (Å²) in [6.45, 7) is 0.297. The summed E-state index contributed by atoms with van der Waals surface area (Å²) in [6, 6.07) is 0. The number of carboxylic acid groups (broad SMARTS) is 1. The predicted octanol–water partition coefficient (Wildman–Crippen LogP) is -0.552. The first-order chi connectivity index (χ1) is 7.42. The van der Waals surface area contributed by atoms with Crippen LogP contribution in [0.3, 0.4) is 0 Å². The van der Waals surface area contributed by atoms with Gasteiger partial charge in [0.2, 0.25) is 0 Å². The van der Waals surface area contributed by atoms with Gasteiger partial charge in [-0.05, 0) is 19.2 Å². The van der Waals surface area contributed by atoms with E-state index in [0.717, 1.165) is 0 Å². The molecule has 5 N–H and O–H groups in total. The van der Waals surface area contributed by atoms with Crippen LogP contribution in [0.2, 0.25) is 6.32 Å². The largest absolute Gasteiger partial charge is 0.480 e. The molecule has 0 aromatic rings. The van der Waals surface area contributed by atoms with E-state index in [2.05, 4.69) is 0 Å². The van der Waals surface area contributed by atoms with Gasteiger partial charge in [0.15, 0.2) is 0 Å². The summed E-state index contributed by atoms with van der Waals surface area (Å²) < 4.78 is 4.81. The minimum atomic E-state index is -1.34. The van der Waals surface area contributed by atoms with Gasteiger partial charge in [0.1, 0.15) is 5.54 Å². The molecule has 0 amide bonds. The molecule has 0 spiro atoms. The maximum absolute atomic E-state index is 11.0. The van der Waals surface area contributed by atoms with Crippen molar-refractivity contribution in [2.45, 2.75) is 37.5 Å². The monoisotopic (exact) mass is 233 g/mol. The highest BCUT2D eigenvalue weighted by atomic mass is 16.5. The van der Waals surface area contributed by atoms with Crippen molar-refractivity contribution in [3.8, 4) is 0 Å². The third-order valence-electron chi connectivity index (χ3n) is 2.51. The lowest BCUT2D eigenvalue weighted by Gasteiger charge is -2.24. The fraction of sp³-hybridized carbons (Fsp3) is 0.889. The van der Waals surface area contributed by atoms with E-state index in [0.29, 0.717) is 25.9 Å². The molecule has 0 aliphatic rings. The highest BCUT2D eigenvalue weighted by molar-refractivity contribution is 6.40. The first-order valence-corrected chi connectivity index (χ1v) is 5.30. The quantitative estimate of drug-likeness (QED) is 0.314. The number of aliphatic carboxylic acids is 1. The maximum Gasteiger partial charge on any atom is 0.451 e. The second-order valence-corrected chi connectivity index (χ2v) is 3.93. The van der Waals surface area contributed by atoms with E-state index in [1.54, 1.807) is 0 Å². The number of unbranched alkanes of at least 4 members (excludes halogenated alkanes) is 1. The molecule has 6 nitrogen and oxygen atoms in total. The topological polar surface area (TPSA) is 113 Å². The van der Waals surface area contributed by atoms with Crippen LogP contribution in [0.15, 0.2) is 0 Å². The average molecular weight is 233 g/mol. The van der Waals surface area contributed by atoms with Gasteiger partial charge in [-0.25, -0.2) is 0 Å². The Morgan fingerprint density at radius 2 is 2.00 bits per heavy atom. The average Bonchev–Trinajstić information content (AvgIpc) is 2.21. The third kappa shape index (κ3) is 6.07. The SMILES string of the molecule is COCCC(N)(CCCCB(O)O)C(=O)O. The molecular formula is C9H20BNO5. The molecule has 94 valence electrons. The van der Waals surface area contributed by atoms with Crippen molar-refractivity contribution in [1.29, 1.82) is 0 Å². The van der Waals surface area contributed by atoms with Crippen molar-refractivity contribution in [3.63, 3.8) is 0 Å². The maximum atomic E-state index is 11.0. The van der Waals surface area contributed by atoms with Gasteiger partial charge in [-0.15, -0.1) is 0 Å². The van der Waals surface area contributed by atoms with E-state index in [-0.39, 0.29) is 12.7 Å². The highest BCUT2D eigenvalue weighted by Crippen LogP contribution is 2.17. The summed E-state index contributed by atoms with van der Waals surface area (Å²) in [5, 5.41) is 26.2. The van der Waals surface area contributed by atoms with Crippen molar-refractivity contribution in [2.75, 3.05) is 13.7 Å². The van der Waals surface area contributed by atoms with Crippen molar-refractivity contribution in [2.24, 2.45) is 5.73 Å². The second kappa shape index (κ2) is 7.62. The van der Waals surface area contributed by atoms with Gasteiger partial charge in [0.05, 0.1) is 0 Å². The Labute approximate surface area is 95.5 Å². The standard InChI is InChI=1S/C9H20BNO5/c1-16-7-5-9(11,8(12)13)4-2-3-6-10(14)15/h14-15H,2-7,11H2,1H3,(H,12,13). The van der Waals surface area contributed by atoms with Crippen LogP contribution in [-0.2, 0) is 9.53 Å². The molecule has 0 heterocycles. The first kappa shape index (κ1) is 15.4. The molecular weight excluding hydrogens is 213 g/mol. The zero-order valence-corrected chi connectivity index (χ0v) is 9.56. The number of carboxylic acids is 1. The van der Waals surface area contributed by atoms with Crippen molar-refractivity contribution in [1.82, 2.24) is 0 Å². The molecule has 0 aromatic carbocycles. The second-order valence-electron chi connectivity index (χ2n) is 3.93. The smallest absolute Gasteiger partial charge is 0.451 e. The van der Waals surface area contributed by atoms with E-state index < -0.39 is 18.6 Å². The molecule has 0 aliphatic heterocycles. The zero-order valence-electron chi connectivity index (χ0n) is 9.56. The minimum absolute atomic E-state index is 0.236. The van der Waals surface area contributed by atoms with Gasteiger partial charge >= 0.3 is 13.1 Å². The molecule has 0 radical (unpaired) electrons. The van der Waals surface area contributed by atoms with Gasteiger partial charge in [-0.3, -0.25) is 4.79 Å². The molecule has 0 aliphatic carbocycles. The molecule has 0 aromatic heterocycles. The molecule has 1 atom stereocenters. The van der Waals surface area contributed by atoms with Crippen LogP contribution < -0.4 is 5.73 Å². The van der Waals surface area contributed by atoms with Crippen LogP contribution in [0.5, 0.6) is 0 Å². The van der Waals surface area contributed by atoms with Crippen LogP contribution in [0.1, 0.15) is 25.7 Å². The molecule has 16 heavy (non-hydrogen) atoms. The summed E-state index contributed by atoms with van der Waals surface area (Å²) >= 11 is 0. The summed E-state index contributed by atoms with van der Waals surface area (Å²) in [6.07, 6.45) is 1.87. The number of carbonyl (C=O) groups is 1.